The van der Waals surface area contributed by atoms with Gasteiger partial charge in [-0.25, -0.2) is 4.68 Å². The minimum atomic E-state index is 0.688. The second kappa shape index (κ2) is 13.0. The number of tetrazole rings is 1. The molecule has 0 aliphatic heterocycles. The van der Waals surface area contributed by atoms with Crippen molar-refractivity contribution in [2.45, 2.75) is 18.1 Å². The van der Waals surface area contributed by atoms with Gasteiger partial charge < -0.3 is 19.5 Å². The predicted molar refractivity (Wildman–Crippen MR) is 80.6 cm³/mol. The van der Waals surface area contributed by atoms with E-state index in [-0.39, 0.29) is 0 Å². The molecule has 0 fully saturated rings. The Morgan fingerprint density at radius 2 is 1.95 bits per heavy atom. The van der Waals surface area contributed by atoms with E-state index in [4.69, 9.17) is 14.2 Å². The third kappa shape index (κ3) is 8.99. The van der Waals surface area contributed by atoms with E-state index >= 15 is 0 Å². The molecule has 0 bridgehead atoms. The first-order chi connectivity index (χ1) is 10.4. The number of nitrogens with zero attached hydrogens (tertiary/aromatic N) is 4. The lowest BCUT2D eigenvalue weighted by Gasteiger charge is -2.06. The van der Waals surface area contributed by atoms with Gasteiger partial charge in [-0.1, -0.05) is 11.8 Å². The van der Waals surface area contributed by atoms with Gasteiger partial charge in [0.1, 0.15) is 0 Å². The van der Waals surface area contributed by atoms with Crippen LogP contribution in [-0.2, 0) is 20.8 Å². The van der Waals surface area contributed by atoms with Gasteiger partial charge in [0.05, 0.1) is 19.8 Å². The summed E-state index contributed by atoms with van der Waals surface area (Å²) in [7, 11) is 3.38. The van der Waals surface area contributed by atoms with Gasteiger partial charge in [-0.05, 0) is 16.8 Å². The molecule has 0 amide bonds. The van der Waals surface area contributed by atoms with Gasteiger partial charge >= 0.3 is 0 Å². The Labute approximate surface area is 129 Å². The van der Waals surface area contributed by atoms with Crippen molar-refractivity contribution in [3.63, 3.8) is 0 Å². The standard InChI is InChI=1S/C12H25N5O3S/c1-18-7-3-8-20-10-11-21-12-14-15-16-17(12)6-4-13-5-9-19-2/h13H,3-11H2,1-2H3. The molecule has 9 heteroatoms. The zero-order chi connectivity index (χ0) is 15.2. The fourth-order valence-electron chi connectivity index (χ4n) is 1.52. The molecule has 0 saturated heterocycles. The molecule has 0 radical (unpaired) electrons. The van der Waals surface area contributed by atoms with Crippen LogP contribution in [0.15, 0.2) is 5.16 Å². The van der Waals surface area contributed by atoms with Crippen LogP contribution in [0.5, 0.6) is 0 Å². The Kier molecular flexibility index (Phi) is 11.3. The SMILES string of the molecule is COCCCOCCSc1nnnn1CCNCCOC. The van der Waals surface area contributed by atoms with E-state index in [2.05, 4.69) is 20.8 Å². The first kappa shape index (κ1) is 18.3. The number of aromatic nitrogens is 4. The summed E-state index contributed by atoms with van der Waals surface area (Å²) in [4.78, 5) is 0. The monoisotopic (exact) mass is 319 g/mol. The highest BCUT2D eigenvalue weighted by Crippen LogP contribution is 2.12. The molecule has 1 N–H and O–H groups in total. The van der Waals surface area contributed by atoms with Crippen molar-refractivity contribution in [2.75, 3.05) is 59.5 Å². The lowest BCUT2D eigenvalue weighted by Crippen LogP contribution is -2.24. The zero-order valence-corrected chi connectivity index (χ0v) is 13.6. The van der Waals surface area contributed by atoms with E-state index in [0.29, 0.717) is 13.2 Å². The zero-order valence-electron chi connectivity index (χ0n) is 12.8. The molecule has 0 aliphatic carbocycles. The number of hydrogen-bond donors (Lipinski definition) is 1. The Hall–Kier alpha value is -0.740. The molecular formula is C12H25N5O3S. The Bertz CT molecular complexity index is 353. The maximum absolute atomic E-state index is 5.49. The van der Waals surface area contributed by atoms with E-state index in [1.807, 2.05) is 0 Å². The molecule has 0 atom stereocenters. The van der Waals surface area contributed by atoms with Crippen molar-refractivity contribution in [2.24, 2.45) is 0 Å². The van der Waals surface area contributed by atoms with Crippen molar-refractivity contribution in [1.82, 2.24) is 25.5 Å². The van der Waals surface area contributed by atoms with Crippen LogP contribution >= 0.6 is 11.8 Å². The quantitative estimate of drug-likeness (QED) is 0.380. The molecular weight excluding hydrogens is 294 g/mol. The van der Waals surface area contributed by atoms with E-state index < -0.39 is 0 Å². The summed E-state index contributed by atoms with van der Waals surface area (Å²) < 4.78 is 17.2. The Balaban J connectivity index is 2.08. The Morgan fingerprint density at radius 3 is 2.76 bits per heavy atom. The van der Waals surface area contributed by atoms with Crippen molar-refractivity contribution in [3.05, 3.63) is 0 Å². The molecule has 1 aromatic rings. The predicted octanol–water partition coefficient (Wildman–Crippen LogP) is 0.0543. The topological polar surface area (TPSA) is 83.3 Å². The molecule has 0 spiro atoms. The summed E-state index contributed by atoms with van der Waals surface area (Å²) in [6, 6.07) is 0. The minimum Gasteiger partial charge on any atom is -0.385 e. The highest BCUT2D eigenvalue weighted by molar-refractivity contribution is 7.99. The maximum Gasteiger partial charge on any atom is 0.209 e. The molecule has 0 saturated carbocycles. The second-order valence-corrected chi connectivity index (χ2v) is 5.30. The summed E-state index contributed by atoms with van der Waals surface area (Å²) >= 11 is 1.60. The van der Waals surface area contributed by atoms with Crippen LogP contribution in [0.25, 0.3) is 0 Å². The van der Waals surface area contributed by atoms with Crippen molar-refractivity contribution < 1.29 is 14.2 Å². The van der Waals surface area contributed by atoms with Gasteiger partial charge in [-0.15, -0.1) is 5.10 Å². The highest BCUT2D eigenvalue weighted by Gasteiger charge is 2.05. The number of nitrogens with one attached hydrogen (secondary N) is 1. The second-order valence-electron chi connectivity index (χ2n) is 4.23. The average molecular weight is 319 g/mol. The van der Waals surface area contributed by atoms with Gasteiger partial charge in [0.15, 0.2) is 0 Å². The molecule has 21 heavy (non-hydrogen) atoms. The maximum atomic E-state index is 5.49. The third-order valence-corrected chi connectivity index (χ3v) is 3.50. The molecule has 0 aromatic carbocycles. The lowest BCUT2D eigenvalue weighted by molar-refractivity contribution is 0.113. The summed E-state index contributed by atoms with van der Waals surface area (Å²) in [6.07, 6.45) is 0.923. The fourth-order valence-corrected chi connectivity index (χ4v) is 2.28. The number of ether oxygens (including phenoxy) is 3. The largest absolute Gasteiger partial charge is 0.385 e. The van der Waals surface area contributed by atoms with E-state index in [0.717, 1.165) is 50.2 Å². The molecule has 122 valence electrons. The molecule has 1 heterocycles. The number of thioether (sulfide) groups is 1. The van der Waals surface area contributed by atoms with Crippen LogP contribution in [0.3, 0.4) is 0 Å². The van der Waals surface area contributed by atoms with Crippen LogP contribution in [0.4, 0.5) is 0 Å². The fraction of sp³-hybridized carbons (Fsp3) is 0.917. The molecule has 8 nitrogen and oxygen atoms in total. The first-order valence-corrected chi connectivity index (χ1v) is 8.02. The van der Waals surface area contributed by atoms with Gasteiger partial charge in [0.25, 0.3) is 0 Å². The van der Waals surface area contributed by atoms with Crippen molar-refractivity contribution in [3.8, 4) is 0 Å². The van der Waals surface area contributed by atoms with Crippen LogP contribution < -0.4 is 5.32 Å². The average Bonchev–Trinajstić information content (AvgIpc) is 2.94. The molecule has 0 aliphatic rings. The number of methoxy groups -OCH3 is 2. The normalized spacial score (nSPS) is 11.1. The molecule has 1 aromatic heterocycles. The third-order valence-electron chi connectivity index (χ3n) is 2.58. The minimum absolute atomic E-state index is 0.688. The van der Waals surface area contributed by atoms with Gasteiger partial charge in [0, 0.05) is 46.3 Å². The summed E-state index contributed by atoms with van der Waals surface area (Å²) in [6.45, 7) is 5.24. The van der Waals surface area contributed by atoms with Crippen LogP contribution in [0, 0.1) is 0 Å². The number of hydrogen-bond acceptors (Lipinski definition) is 8. The van der Waals surface area contributed by atoms with Crippen molar-refractivity contribution >= 4 is 11.8 Å². The van der Waals surface area contributed by atoms with E-state index in [1.54, 1.807) is 30.7 Å². The van der Waals surface area contributed by atoms with E-state index in [1.165, 1.54) is 0 Å². The smallest absolute Gasteiger partial charge is 0.209 e. The highest BCUT2D eigenvalue weighted by atomic mass is 32.2. The van der Waals surface area contributed by atoms with Crippen molar-refractivity contribution in [1.29, 1.82) is 0 Å². The van der Waals surface area contributed by atoms with Crippen LogP contribution in [0.1, 0.15) is 6.42 Å². The van der Waals surface area contributed by atoms with Gasteiger partial charge in [-0.2, -0.15) is 0 Å². The Morgan fingerprint density at radius 1 is 1.10 bits per heavy atom. The molecule has 0 unspecified atom stereocenters. The first-order valence-electron chi connectivity index (χ1n) is 7.03. The van der Waals surface area contributed by atoms with Crippen LogP contribution in [-0.4, -0.2) is 79.7 Å². The number of rotatable bonds is 14. The summed E-state index contributed by atoms with van der Waals surface area (Å²) in [5.41, 5.74) is 0. The van der Waals surface area contributed by atoms with Gasteiger partial charge in [-0.3, -0.25) is 0 Å². The summed E-state index contributed by atoms with van der Waals surface area (Å²) in [5, 5.41) is 15.8. The molecule has 1 rings (SSSR count). The van der Waals surface area contributed by atoms with Crippen LogP contribution in [0.2, 0.25) is 0 Å². The van der Waals surface area contributed by atoms with E-state index in [9.17, 15) is 0 Å². The lowest BCUT2D eigenvalue weighted by atomic mass is 10.5. The summed E-state index contributed by atoms with van der Waals surface area (Å²) in [5.74, 6) is 0.838. The van der Waals surface area contributed by atoms with Gasteiger partial charge in [0.2, 0.25) is 5.16 Å².